The van der Waals surface area contributed by atoms with E-state index in [9.17, 15) is 19.2 Å². The Kier molecular flexibility index (Phi) is 19.2. The predicted molar refractivity (Wildman–Crippen MR) is 358 cm³/mol. The van der Waals surface area contributed by atoms with Gasteiger partial charge in [0.15, 0.2) is 0 Å². The molecule has 16 rings (SSSR count). The van der Waals surface area contributed by atoms with E-state index in [-0.39, 0.29) is 46.6 Å². The number of unbranched alkanes of at least 4 members (excludes halogenated alkanes) is 4. The first kappa shape index (κ1) is 63.4. The average Bonchev–Trinajstić information content (AvgIpc) is 1.62. The second-order valence-corrected chi connectivity index (χ2v) is 35.8. The number of hydrogen-bond acceptors (Lipinski definition) is 11. The van der Waals surface area contributed by atoms with Crippen LogP contribution < -0.4 is 10.6 Å². The second kappa shape index (κ2) is 27.3. The fourth-order valence-electron chi connectivity index (χ4n) is 17.3. The smallest absolute Gasteiger partial charge is 0.224 e. The Bertz CT molecular complexity index is 3290. The quantitative estimate of drug-likeness (QED) is 0.0466. The molecule has 4 aromatic rings. The maximum atomic E-state index is 14.0. The van der Waals surface area contributed by atoms with Gasteiger partial charge in [-0.25, -0.2) is 9.97 Å². The van der Waals surface area contributed by atoms with Gasteiger partial charge in [-0.2, -0.15) is 0 Å². The SMILES string of the molecule is CCC(=O)CCCCC[C@@H]1NC(=O)[C@H]2CC23CCN(C/C=C/CN2C4CCC2c2cc(ccc24)-c2cnc1[nH]2)CC3.CCC(=O)CCCCC[C@@H]1NC(=O)[C@H]2CC23CCN(C/C=C/CN2C4CCC2c2cc(ccc24)-c2cnc1n2COCC[Si](C)(C)C)CC3. The molecule has 12 aliphatic rings. The van der Waals surface area contributed by atoms with Crippen molar-refractivity contribution < 1.29 is 23.9 Å². The Morgan fingerprint density at radius 1 is 0.600 bits per heavy atom. The number of rotatable bonds is 19. The number of aromatic amines is 1. The molecule has 16 heteroatoms. The Morgan fingerprint density at radius 2 is 1.10 bits per heavy atom. The van der Waals surface area contributed by atoms with Crippen LogP contribution in [0.25, 0.3) is 22.5 Å². The van der Waals surface area contributed by atoms with Crippen molar-refractivity contribution in [3.8, 4) is 22.5 Å². The van der Waals surface area contributed by atoms with Gasteiger partial charge >= 0.3 is 0 Å². The van der Waals surface area contributed by atoms with Gasteiger partial charge in [0.25, 0.3) is 0 Å². The summed E-state index contributed by atoms with van der Waals surface area (Å²) in [5.41, 5.74) is 10.7. The maximum absolute atomic E-state index is 14.0. The summed E-state index contributed by atoms with van der Waals surface area (Å²) in [5.74, 6) is 3.02. The van der Waals surface area contributed by atoms with Crippen LogP contribution in [0.4, 0.5) is 0 Å². The molecule has 3 N–H and O–H groups in total. The highest BCUT2D eigenvalue weighted by molar-refractivity contribution is 6.76. The molecule has 484 valence electrons. The number of ether oxygens (including phenoxy) is 1. The highest BCUT2D eigenvalue weighted by Gasteiger charge is 2.60. The Labute approximate surface area is 537 Å². The van der Waals surface area contributed by atoms with Gasteiger partial charge in [-0.1, -0.05) is 108 Å². The van der Waals surface area contributed by atoms with Crippen LogP contribution in [0.15, 0.2) is 73.1 Å². The van der Waals surface area contributed by atoms with Crippen LogP contribution in [-0.2, 0) is 30.6 Å². The Hall–Kier alpha value is -5.36. The van der Waals surface area contributed by atoms with Crippen LogP contribution in [0.3, 0.4) is 0 Å². The molecule has 10 aliphatic heterocycles. The first-order valence-electron chi connectivity index (χ1n) is 35.6. The topological polar surface area (TPSA) is 161 Å². The third-order valence-corrected chi connectivity index (χ3v) is 25.0. The van der Waals surface area contributed by atoms with Gasteiger partial charge in [0.1, 0.15) is 29.9 Å². The van der Waals surface area contributed by atoms with E-state index in [0.717, 1.165) is 178 Å². The molecule has 2 aromatic carbocycles. The van der Waals surface area contributed by atoms with E-state index in [4.69, 9.17) is 14.7 Å². The first-order chi connectivity index (χ1) is 43.7. The van der Waals surface area contributed by atoms with E-state index in [1.807, 2.05) is 26.2 Å². The number of imidazole rings is 2. The number of piperidine rings is 2. The highest BCUT2D eigenvalue weighted by Crippen LogP contribution is 2.61. The lowest BCUT2D eigenvalue weighted by Gasteiger charge is -2.32. The molecule has 18 bridgehead atoms. The Balaban J connectivity index is 0.000000168. The van der Waals surface area contributed by atoms with Crippen LogP contribution in [0.1, 0.15) is 225 Å². The number of Topliss-reactive ketones (excluding diaryl/α,β-unsaturated/α-hetero) is 2. The fourth-order valence-corrected chi connectivity index (χ4v) is 18.1. The number of carbonyl (C=O) groups is 4. The van der Waals surface area contributed by atoms with Gasteiger partial charge < -0.3 is 24.9 Å². The highest BCUT2D eigenvalue weighted by atomic mass is 28.3. The number of fused-ring (bicyclic) bond motifs is 14. The molecule has 2 amide bonds. The maximum Gasteiger partial charge on any atom is 0.224 e. The molecule has 2 spiro atoms. The lowest BCUT2D eigenvalue weighted by atomic mass is 9.90. The molecular formula is C74H104N10O5Si. The third kappa shape index (κ3) is 13.7. The molecule has 10 atom stereocenters. The minimum atomic E-state index is -1.25. The number of ketones is 2. The van der Waals surface area contributed by atoms with Crippen LogP contribution in [0, 0.1) is 22.7 Å². The van der Waals surface area contributed by atoms with E-state index in [1.165, 1.54) is 59.1 Å². The number of amides is 2. The van der Waals surface area contributed by atoms with Crippen molar-refractivity contribution in [1.82, 2.24) is 49.8 Å². The summed E-state index contributed by atoms with van der Waals surface area (Å²) in [4.78, 5) is 75.4. The minimum Gasteiger partial charge on any atom is -0.361 e. The zero-order valence-electron chi connectivity index (χ0n) is 55.1. The number of carbonyl (C=O) groups excluding carboxylic acids is 4. The van der Waals surface area contributed by atoms with Gasteiger partial charge in [-0.3, -0.25) is 38.8 Å². The normalized spacial score (nSPS) is 32.5. The second-order valence-electron chi connectivity index (χ2n) is 30.1. The number of H-pyrrole nitrogens is 1. The summed E-state index contributed by atoms with van der Waals surface area (Å²) in [6.45, 7) is 20.5. The predicted octanol–water partition coefficient (Wildman–Crippen LogP) is 13.8. The summed E-state index contributed by atoms with van der Waals surface area (Å²) < 4.78 is 8.69. The minimum absolute atomic E-state index is 0.0876. The molecule has 90 heavy (non-hydrogen) atoms. The van der Waals surface area contributed by atoms with Crippen molar-refractivity contribution in [1.29, 1.82) is 0 Å². The molecule has 6 unspecified atom stereocenters. The van der Waals surface area contributed by atoms with Crippen molar-refractivity contribution >= 4 is 31.5 Å². The molecular weight excluding hydrogens is 1140 g/mol. The van der Waals surface area contributed by atoms with Crippen molar-refractivity contribution in [2.45, 2.75) is 224 Å². The van der Waals surface area contributed by atoms with Gasteiger partial charge in [0.05, 0.1) is 35.9 Å². The van der Waals surface area contributed by atoms with Crippen molar-refractivity contribution in [3.05, 3.63) is 107 Å². The monoisotopic (exact) mass is 1240 g/mol. The molecule has 0 radical (unpaired) electrons. The van der Waals surface area contributed by atoms with Gasteiger partial charge in [0, 0.05) is 108 Å². The summed E-state index contributed by atoms with van der Waals surface area (Å²) >= 11 is 0. The first-order valence-corrected chi connectivity index (χ1v) is 39.3. The van der Waals surface area contributed by atoms with Crippen molar-refractivity contribution in [2.75, 3.05) is 59.0 Å². The van der Waals surface area contributed by atoms with E-state index in [2.05, 4.69) is 120 Å². The summed E-state index contributed by atoms with van der Waals surface area (Å²) in [7, 11) is -1.25. The number of nitrogens with one attached hydrogen (secondary N) is 3. The van der Waals surface area contributed by atoms with Gasteiger partial charge in [0.2, 0.25) is 11.8 Å². The summed E-state index contributed by atoms with van der Waals surface area (Å²) in [5, 5.41) is 6.97. The van der Waals surface area contributed by atoms with Gasteiger partial charge in [-0.05, 0) is 173 Å². The van der Waals surface area contributed by atoms with Crippen LogP contribution in [0.2, 0.25) is 25.7 Å². The van der Waals surface area contributed by atoms with Crippen LogP contribution in [0.5, 0.6) is 0 Å². The molecule has 12 heterocycles. The van der Waals surface area contributed by atoms with Gasteiger partial charge in [-0.15, -0.1) is 0 Å². The van der Waals surface area contributed by atoms with E-state index in [0.29, 0.717) is 68.1 Å². The molecule has 15 nitrogen and oxygen atoms in total. The standard InChI is InChI=1S/C40H59N5O3Si.C34H45N5O2/c1-5-30(46)11-7-6-8-12-34-38-41-27-37(45(38)28-48-23-24-49(2,3)4)29-13-14-31-32(25-29)36-16-15-35(31)44(36)20-10-9-19-43-21-17-40(18-22-43)26-33(40)39(47)42-34;1-2-24(40)8-4-3-5-9-28-32-35-22-29(36-32)23-10-11-25-26(20-23)31-13-12-30(25)39(31)17-7-6-16-38-18-14-34(15-19-38)21-27(34)33(41)37-28/h9-10,13-14,25,27,33-36H,5-8,11-12,15-24,26,28H2,1-4H3,(H,42,47);6-7,10-11,20,22,27-28,30-31H,2-5,8-9,12-19,21H2,1H3,(H,35,36)(H,37,41)/b10-9+;7-6+/t33-,34+,35?,36?;27-,28+,30?,31?/m11/s1. The van der Waals surface area contributed by atoms with E-state index in [1.54, 1.807) is 0 Å². The molecule has 2 saturated carbocycles. The van der Waals surface area contributed by atoms with Crippen LogP contribution >= 0.6 is 0 Å². The average molecular weight is 1240 g/mol. The lowest BCUT2D eigenvalue weighted by molar-refractivity contribution is -0.125. The molecule has 4 saturated heterocycles. The number of aromatic nitrogens is 4. The molecule has 2 aliphatic carbocycles. The number of benzene rings is 2. The molecule has 6 fully saturated rings. The summed E-state index contributed by atoms with van der Waals surface area (Å²) in [6, 6.07) is 16.8. The Morgan fingerprint density at radius 3 is 1.64 bits per heavy atom. The van der Waals surface area contributed by atoms with Crippen molar-refractivity contribution in [2.24, 2.45) is 22.7 Å². The largest absolute Gasteiger partial charge is 0.361 e. The lowest BCUT2D eigenvalue weighted by Crippen LogP contribution is -2.38. The zero-order chi connectivity index (χ0) is 62.2. The van der Waals surface area contributed by atoms with Crippen LogP contribution in [-0.4, -0.2) is 130 Å². The number of hydrogen-bond donors (Lipinski definition) is 3. The molecule has 2 aromatic heterocycles. The van der Waals surface area contributed by atoms with Crippen molar-refractivity contribution in [3.63, 3.8) is 0 Å². The summed E-state index contributed by atoms with van der Waals surface area (Å²) in [6.07, 6.45) is 34.8. The fraction of sp³-hybridized carbons (Fsp3) is 0.649. The number of nitrogens with zero attached hydrogens (tertiary/aromatic N) is 7. The zero-order valence-corrected chi connectivity index (χ0v) is 56.1. The third-order valence-electron chi connectivity index (χ3n) is 23.3. The van der Waals surface area contributed by atoms with E-state index < -0.39 is 8.07 Å². The van der Waals surface area contributed by atoms with E-state index >= 15 is 0 Å².